The average Bonchev–Trinajstić information content (AvgIpc) is 2.69. The van der Waals surface area contributed by atoms with E-state index in [1.807, 2.05) is 12.1 Å². The summed E-state index contributed by atoms with van der Waals surface area (Å²) in [5.41, 5.74) is 0.672. The van der Waals surface area contributed by atoms with Gasteiger partial charge in [-0.15, -0.1) is 0 Å². The van der Waals surface area contributed by atoms with Crippen LogP contribution in [0.15, 0.2) is 24.3 Å². The molecule has 1 atom stereocenters. The molecule has 108 valence electrons. The van der Waals surface area contributed by atoms with E-state index in [-0.39, 0.29) is 11.7 Å². The highest BCUT2D eigenvalue weighted by molar-refractivity contribution is 5.96. The number of hydrogen-bond acceptors (Lipinski definition) is 3. The monoisotopic (exact) mass is 274 g/mol. The third-order valence-electron chi connectivity index (χ3n) is 4.04. The van der Waals surface area contributed by atoms with Crippen LogP contribution in [-0.2, 0) is 4.79 Å². The Labute approximate surface area is 120 Å². The van der Waals surface area contributed by atoms with Gasteiger partial charge in [0.25, 0.3) is 0 Å². The number of rotatable bonds is 5. The molecule has 1 saturated carbocycles. The molecule has 1 aliphatic carbocycles. The van der Waals surface area contributed by atoms with Gasteiger partial charge in [0.15, 0.2) is 5.78 Å². The molecule has 0 heterocycles. The first-order valence-corrected chi connectivity index (χ1v) is 7.40. The number of carbonyl (C=O) groups excluding carboxylic acids is 2. The lowest BCUT2D eigenvalue weighted by atomic mass is 9.91. The third kappa shape index (κ3) is 3.92. The summed E-state index contributed by atoms with van der Waals surface area (Å²) in [6.07, 6.45) is 6.05. The van der Waals surface area contributed by atoms with Gasteiger partial charge in [0.2, 0.25) is 0 Å². The second-order valence-corrected chi connectivity index (χ2v) is 5.46. The van der Waals surface area contributed by atoms with Gasteiger partial charge in [-0.3, -0.25) is 9.59 Å². The van der Waals surface area contributed by atoms with Gasteiger partial charge in [-0.2, -0.15) is 0 Å². The number of methoxy groups -OCH3 is 1. The van der Waals surface area contributed by atoms with Crippen LogP contribution < -0.4 is 4.74 Å². The van der Waals surface area contributed by atoms with E-state index in [0.29, 0.717) is 36.4 Å². The molecule has 0 saturated heterocycles. The predicted molar refractivity (Wildman–Crippen MR) is 78.1 cm³/mol. The molecule has 0 N–H and O–H groups in total. The van der Waals surface area contributed by atoms with E-state index in [2.05, 4.69) is 0 Å². The lowest BCUT2D eigenvalue weighted by molar-refractivity contribution is -0.122. The molecule has 2 rings (SSSR count). The van der Waals surface area contributed by atoms with Crippen molar-refractivity contribution in [1.82, 2.24) is 0 Å². The van der Waals surface area contributed by atoms with Crippen molar-refractivity contribution in [2.24, 2.45) is 5.92 Å². The number of benzene rings is 1. The van der Waals surface area contributed by atoms with E-state index < -0.39 is 0 Å². The summed E-state index contributed by atoms with van der Waals surface area (Å²) in [6.45, 7) is 0. The maximum absolute atomic E-state index is 12.2. The fourth-order valence-electron chi connectivity index (χ4n) is 2.78. The zero-order valence-corrected chi connectivity index (χ0v) is 12.1. The zero-order chi connectivity index (χ0) is 14.4. The summed E-state index contributed by atoms with van der Waals surface area (Å²) in [7, 11) is 1.59. The van der Waals surface area contributed by atoms with E-state index in [4.69, 9.17) is 4.74 Å². The second-order valence-electron chi connectivity index (χ2n) is 5.46. The molecular weight excluding hydrogens is 252 g/mol. The third-order valence-corrected chi connectivity index (χ3v) is 4.04. The number of ketones is 2. The summed E-state index contributed by atoms with van der Waals surface area (Å²) in [4.78, 5) is 24.1. The summed E-state index contributed by atoms with van der Waals surface area (Å²) < 4.78 is 5.13. The van der Waals surface area contributed by atoms with Crippen molar-refractivity contribution in [3.8, 4) is 5.75 Å². The van der Waals surface area contributed by atoms with Crippen LogP contribution >= 0.6 is 0 Å². The molecule has 3 nitrogen and oxygen atoms in total. The van der Waals surface area contributed by atoms with Crippen LogP contribution in [0.2, 0.25) is 0 Å². The predicted octanol–water partition coefficient (Wildman–Crippen LogP) is 3.81. The zero-order valence-electron chi connectivity index (χ0n) is 12.1. The molecule has 0 amide bonds. The Hall–Kier alpha value is -1.64. The molecule has 0 bridgehead atoms. The fraction of sp³-hybridized carbons (Fsp3) is 0.529. The van der Waals surface area contributed by atoms with E-state index >= 15 is 0 Å². The number of carbonyl (C=O) groups is 2. The van der Waals surface area contributed by atoms with Gasteiger partial charge in [-0.25, -0.2) is 0 Å². The molecule has 1 fully saturated rings. The van der Waals surface area contributed by atoms with Gasteiger partial charge >= 0.3 is 0 Å². The van der Waals surface area contributed by atoms with Crippen molar-refractivity contribution in [1.29, 1.82) is 0 Å². The first kappa shape index (κ1) is 14.8. The summed E-state index contributed by atoms with van der Waals surface area (Å²) in [5.74, 6) is 1.23. The Morgan fingerprint density at radius 1 is 1.30 bits per heavy atom. The Balaban J connectivity index is 1.92. The van der Waals surface area contributed by atoms with Crippen LogP contribution in [0, 0.1) is 5.92 Å². The first-order chi connectivity index (χ1) is 9.70. The molecule has 3 heteroatoms. The minimum Gasteiger partial charge on any atom is -0.497 e. The molecule has 1 aliphatic rings. The normalized spacial score (nSPS) is 19.4. The van der Waals surface area contributed by atoms with Gasteiger partial charge < -0.3 is 4.74 Å². The number of hydrogen-bond donors (Lipinski definition) is 0. The van der Waals surface area contributed by atoms with Crippen LogP contribution in [0.1, 0.15) is 55.3 Å². The summed E-state index contributed by atoms with van der Waals surface area (Å²) >= 11 is 0. The van der Waals surface area contributed by atoms with Gasteiger partial charge in [-0.05, 0) is 31.4 Å². The topological polar surface area (TPSA) is 43.4 Å². The largest absolute Gasteiger partial charge is 0.497 e. The highest BCUT2D eigenvalue weighted by Gasteiger charge is 2.21. The first-order valence-electron chi connectivity index (χ1n) is 7.40. The average molecular weight is 274 g/mol. The van der Waals surface area contributed by atoms with Gasteiger partial charge in [0, 0.05) is 24.3 Å². The molecular formula is C17H22O3. The van der Waals surface area contributed by atoms with Crippen LogP contribution in [0.4, 0.5) is 0 Å². The number of Topliss-reactive ketones (excluding diaryl/α,β-unsaturated/α-hetero) is 2. The Morgan fingerprint density at radius 2 is 2.15 bits per heavy atom. The quantitative estimate of drug-likeness (QED) is 0.605. The van der Waals surface area contributed by atoms with E-state index in [0.717, 1.165) is 25.7 Å². The molecule has 1 aromatic carbocycles. The van der Waals surface area contributed by atoms with Crippen molar-refractivity contribution in [2.45, 2.75) is 44.9 Å². The van der Waals surface area contributed by atoms with E-state index in [9.17, 15) is 9.59 Å². The van der Waals surface area contributed by atoms with E-state index in [1.165, 1.54) is 0 Å². The molecule has 1 aromatic rings. The molecule has 0 aromatic heterocycles. The van der Waals surface area contributed by atoms with Gasteiger partial charge in [0.1, 0.15) is 11.5 Å². The lowest BCUT2D eigenvalue weighted by Gasteiger charge is -2.12. The van der Waals surface area contributed by atoms with E-state index in [1.54, 1.807) is 19.2 Å². The molecule has 0 spiro atoms. The molecule has 0 radical (unpaired) electrons. The SMILES string of the molecule is COc1cccc(C(=O)CCC2CCCCCC2=O)c1. The Morgan fingerprint density at radius 3 is 2.95 bits per heavy atom. The van der Waals surface area contributed by atoms with Crippen molar-refractivity contribution in [3.63, 3.8) is 0 Å². The standard InChI is InChI=1S/C17H22O3/c1-20-15-8-5-7-14(12-15)17(19)11-10-13-6-3-2-4-9-16(13)18/h5,7-8,12-13H,2-4,6,9-11H2,1H3. The summed E-state index contributed by atoms with van der Waals surface area (Å²) in [5, 5.41) is 0. The molecule has 0 aliphatic heterocycles. The Kier molecular flexibility index (Phi) is 5.33. The van der Waals surface area contributed by atoms with Crippen LogP contribution in [-0.4, -0.2) is 18.7 Å². The number of ether oxygens (including phenoxy) is 1. The van der Waals surface area contributed by atoms with Crippen molar-refractivity contribution < 1.29 is 14.3 Å². The van der Waals surface area contributed by atoms with Gasteiger partial charge in [-0.1, -0.05) is 25.0 Å². The van der Waals surface area contributed by atoms with Crippen molar-refractivity contribution in [2.75, 3.05) is 7.11 Å². The molecule has 1 unspecified atom stereocenters. The second kappa shape index (κ2) is 7.22. The Bertz CT molecular complexity index is 479. The van der Waals surface area contributed by atoms with Crippen molar-refractivity contribution in [3.05, 3.63) is 29.8 Å². The lowest BCUT2D eigenvalue weighted by Crippen LogP contribution is -2.14. The summed E-state index contributed by atoms with van der Waals surface area (Å²) in [6, 6.07) is 7.21. The minimum absolute atomic E-state index is 0.0899. The highest BCUT2D eigenvalue weighted by atomic mass is 16.5. The van der Waals surface area contributed by atoms with Crippen LogP contribution in [0.25, 0.3) is 0 Å². The smallest absolute Gasteiger partial charge is 0.163 e. The van der Waals surface area contributed by atoms with Crippen LogP contribution in [0.5, 0.6) is 5.75 Å². The minimum atomic E-state index is 0.0899. The van der Waals surface area contributed by atoms with Crippen LogP contribution in [0.3, 0.4) is 0 Å². The highest BCUT2D eigenvalue weighted by Crippen LogP contribution is 2.25. The fourth-order valence-corrected chi connectivity index (χ4v) is 2.78. The maximum atomic E-state index is 12.2. The van der Waals surface area contributed by atoms with Gasteiger partial charge in [0.05, 0.1) is 7.11 Å². The van der Waals surface area contributed by atoms with Crippen molar-refractivity contribution >= 4 is 11.6 Å². The molecule has 20 heavy (non-hydrogen) atoms. The maximum Gasteiger partial charge on any atom is 0.163 e.